The third-order valence-corrected chi connectivity index (χ3v) is 5.26. The molecular formula is C22H25NO6. The number of rotatable bonds is 6. The number of furan rings is 1. The minimum Gasteiger partial charge on any atom is -0.480 e. The van der Waals surface area contributed by atoms with E-state index in [1.165, 1.54) is 0 Å². The summed E-state index contributed by atoms with van der Waals surface area (Å²) in [6, 6.07) is 2.59. The van der Waals surface area contributed by atoms with Gasteiger partial charge in [-0.2, -0.15) is 0 Å². The van der Waals surface area contributed by atoms with Gasteiger partial charge in [0.15, 0.2) is 0 Å². The zero-order chi connectivity index (χ0) is 21.5. The number of carboxylic acid groups (broad SMARTS) is 1. The van der Waals surface area contributed by atoms with E-state index in [9.17, 15) is 19.5 Å². The van der Waals surface area contributed by atoms with Crippen LogP contribution in [0.25, 0.3) is 21.9 Å². The van der Waals surface area contributed by atoms with Crippen molar-refractivity contribution in [3.63, 3.8) is 0 Å². The molecular weight excluding hydrogens is 374 g/mol. The van der Waals surface area contributed by atoms with Crippen molar-refractivity contribution in [1.82, 2.24) is 5.32 Å². The largest absolute Gasteiger partial charge is 0.480 e. The van der Waals surface area contributed by atoms with Gasteiger partial charge in [-0.1, -0.05) is 13.8 Å². The minimum absolute atomic E-state index is 0.105. The van der Waals surface area contributed by atoms with Crippen molar-refractivity contribution in [2.24, 2.45) is 5.92 Å². The lowest BCUT2D eigenvalue weighted by molar-refractivity contribution is -0.142. The fraction of sp³-hybridized carbons (Fsp3) is 0.409. The van der Waals surface area contributed by atoms with Gasteiger partial charge in [0.1, 0.15) is 23.0 Å². The molecule has 7 nitrogen and oxygen atoms in total. The van der Waals surface area contributed by atoms with E-state index < -0.39 is 23.5 Å². The second-order valence-electron chi connectivity index (χ2n) is 7.89. The van der Waals surface area contributed by atoms with E-state index in [0.29, 0.717) is 23.2 Å². The van der Waals surface area contributed by atoms with E-state index >= 15 is 0 Å². The van der Waals surface area contributed by atoms with Crippen LogP contribution < -0.4 is 10.9 Å². The number of aryl methyl sites for hydroxylation is 3. The molecule has 1 amide bonds. The molecule has 0 bridgehead atoms. The SMILES string of the molecule is Cc1oc2cc3oc(=O)c(CC(=O)N[C@@H](CC(C)C)C(=O)O)c(C)c3cc2c1C. The van der Waals surface area contributed by atoms with Crippen LogP contribution in [-0.4, -0.2) is 23.0 Å². The van der Waals surface area contributed by atoms with Gasteiger partial charge in [0.25, 0.3) is 0 Å². The first kappa shape index (κ1) is 20.6. The zero-order valence-electron chi connectivity index (χ0n) is 17.2. The van der Waals surface area contributed by atoms with Gasteiger partial charge < -0.3 is 19.3 Å². The molecule has 0 aliphatic carbocycles. The van der Waals surface area contributed by atoms with Gasteiger partial charge in [0, 0.05) is 16.8 Å². The van der Waals surface area contributed by atoms with E-state index in [1.54, 1.807) is 13.0 Å². The highest BCUT2D eigenvalue weighted by atomic mass is 16.4. The molecule has 0 unspecified atom stereocenters. The fourth-order valence-electron chi connectivity index (χ4n) is 3.53. The predicted octanol–water partition coefficient (Wildman–Crippen LogP) is 3.62. The van der Waals surface area contributed by atoms with Gasteiger partial charge in [0.2, 0.25) is 5.91 Å². The van der Waals surface area contributed by atoms with Gasteiger partial charge >= 0.3 is 11.6 Å². The van der Waals surface area contributed by atoms with Crippen molar-refractivity contribution in [2.75, 3.05) is 0 Å². The first-order valence-corrected chi connectivity index (χ1v) is 9.56. The molecule has 0 fully saturated rings. The fourth-order valence-corrected chi connectivity index (χ4v) is 3.53. The van der Waals surface area contributed by atoms with Crippen LogP contribution in [0.3, 0.4) is 0 Å². The number of nitrogens with one attached hydrogen (secondary N) is 1. The third kappa shape index (κ3) is 4.04. The summed E-state index contributed by atoms with van der Waals surface area (Å²) < 4.78 is 11.1. The molecule has 3 aromatic rings. The van der Waals surface area contributed by atoms with Crippen LogP contribution in [0, 0.1) is 26.7 Å². The van der Waals surface area contributed by atoms with Crippen molar-refractivity contribution in [2.45, 2.75) is 53.5 Å². The van der Waals surface area contributed by atoms with E-state index in [-0.39, 0.29) is 17.9 Å². The number of carbonyl (C=O) groups is 2. The average molecular weight is 399 g/mol. The second-order valence-corrected chi connectivity index (χ2v) is 7.89. The van der Waals surface area contributed by atoms with Crippen LogP contribution in [0.15, 0.2) is 25.8 Å². The molecule has 2 N–H and O–H groups in total. The highest BCUT2D eigenvalue weighted by Gasteiger charge is 2.23. The number of hydrogen-bond acceptors (Lipinski definition) is 5. The Morgan fingerprint density at radius 2 is 1.66 bits per heavy atom. The predicted molar refractivity (Wildman–Crippen MR) is 109 cm³/mol. The Bertz CT molecular complexity index is 1170. The third-order valence-electron chi connectivity index (χ3n) is 5.26. The lowest BCUT2D eigenvalue weighted by atomic mass is 10.0. The van der Waals surface area contributed by atoms with Crippen molar-refractivity contribution < 1.29 is 23.5 Å². The summed E-state index contributed by atoms with van der Waals surface area (Å²) in [5.41, 5.74) is 2.29. The Labute approximate surface area is 167 Å². The lowest BCUT2D eigenvalue weighted by Crippen LogP contribution is -2.42. The molecule has 154 valence electrons. The molecule has 1 aromatic carbocycles. The van der Waals surface area contributed by atoms with Gasteiger partial charge in [0.05, 0.1) is 12.0 Å². The first-order valence-electron chi connectivity index (χ1n) is 9.56. The number of fused-ring (bicyclic) bond motifs is 2. The van der Waals surface area contributed by atoms with Crippen molar-refractivity contribution in [3.8, 4) is 0 Å². The topological polar surface area (TPSA) is 110 Å². The maximum atomic E-state index is 12.5. The Hall–Kier alpha value is -3.09. The normalized spacial score (nSPS) is 12.6. The Kier molecular flexibility index (Phi) is 5.50. The average Bonchev–Trinajstić information content (AvgIpc) is 2.90. The maximum Gasteiger partial charge on any atom is 0.340 e. The summed E-state index contributed by atoms with van der Waals surface area (Å²) in [4.78, 5) is 36.3. The van der Waals surface area contributed by atoms with E-state index in [4.69, 9.17) is 8.83 Å². The maximum absolute atomic E-state index is 12.5. The molecule has 3 rings (SSSR count). The molecule has 2 aromatic heterocycles. The highest BCUT2D eigenvalue weighted by molar-refractivity contribution is 5.97. The zero-order valence-corrected chi connectivity index (χ0v) is 17.2. The van der Waals surface area contributed by atoms with Gasteiger partial charge in [-0.25, -0.2) is 9.59 Å². The van der Waals surface area contributed by atoms with Crippen LogP contribution in [0.2, 0.25) is 0 Å². The van der Waals surface area contributed by atoms with E-state index in [2.05, 4.69) is 5.32 Å². The summed E-state index contributed by atoms with van der Waals surface area (Å²) in [7, 11) is 0. The molecule has 0 aliphatic rings. The van der Waals surface area contributed by atoms with E-state index in [0.717, 1.165) is 22.1 Å². The number of benzene rings is 1. The molecule has 0 spiro atoms. The van der Waals surface area contributed by atoms with Crippen LogP contribution in [0.4, 0.5) is 0 Å². The Balaban J connectivity index is 1.97. The van der Waals surface area contributed by atoms with Crippen LogP contribution in [0.5, 0.6) is 0 Å². The van der Waals surface area contributed by atoms with Gasteiger partial charge in [-0.15, -0.1) is 0 Å². The number of aliphatic carboxylic acids is 1. The minimum atomic E-state index is -1.09. The summed E-state index contributed by atoms with van der Waals surface area (Å²) >= 11 is 0. The summed E-state index contributed by atoms with van der Waals surface area (Å²) in [6.45, 7) is 9.35. The highest BCUT2D eigenvalue weighted by Crippen LogP contribution is 2.31. The van der Waals surface area contributed by atoms with Gasteiger partial charge in [-0.3, -0.25) is 4.79 Å². The standard InChI is InChI=1S/C22H25NO6/c1-10(2)6-17(21(25)26)23-20(24)8-16-12(4)15-7-14-11(3)13(5)28-18(14)9-19(15)29-22(16)27/h7,9-10,17H,6,8H2,1-5H3,(H,23,24)(H,25,26)/t17-/m0/s1. The molecule has 7 heteroatoms. The summed E-state index contributed by atoms with van der Waals surface area (Å²) in [6.07, 6.45) is 0.0664. The quantitative estimate of drug-likeness (QED) is 0.613. The Morgan fingerprint density at radius 1 is 1.03 bits per heavy atom. The lowest BCUT2D eigenvalue weighted by Gasteiger charge is -2.16. The van der Waals surface area contributed by atoms with Crippen LogP contribution >= 0.6 is 0 Å². The van der Waals surface area contributed by atoms with Crippen molar-refractivity contribution in [3.05, 3.63) is 45.0 Å². The van der Waals surface area contributed by atoms with Crippen LogP contribution in [0.1, 0.15) is 42.7 Å². The monoisotopic (exact) mass is 399 g/mol. The molecule has 1 atom stereocenters. The molecule has 0 saturated carbocycles. The molecule has 0 aliphatic heterocycles. The first-order chi connectivity index (χ1) is 13.6. The molecule has 0 saturated heterocycles. The van der Waals surface area contributed by atoms with Crippen molar-refractivity contribution in [1.29, 1.82) is 0 Å². The number of carbonyl (C=O) groups excluding carboxylic acids is 1. The number of carboxylic acids is 1. The Morgan fingerprint density at radius 3 is 2.28 bits per heavy atom. The molecule has 29 heavy (non-hydrogen) atoms. The smallest absolute Gasteiger partial charge is 0.340 e. The summed E-state index contributed by atoms with van der Waals surface area (Å²) in [5.74, 6) is -0.723. The number of hydrogen-bond donors (Lipinski definition) is 2. The van der Waals surface area contributed by atoms with Crippen molar-refractivity contribution >= 4 is 33.8 Å². The molecule has 2 heterocycles. The summed E-state index contributed by atoms with van der Waals surface area (Å²) in [5, 5.41) is 13.5. The van der Waals surface area contributed by atoms with E-state index in [1.807, 2.05) is 33.8 Å². The molecule has 0 radical (unpaired) electrons. The van der Waals surface area contributed by atoms with Crippen LogP contribution in [-0.2, 0) is 16.0 Å². The number of amides is 1. The van der Waals surface area contributed by atoms with Gasteiger partial charge in [-0.05, 0) is 50.3 Å². The second kappa shape index (κ2) is 7.73.